The zero-order chi connectivity index (χ0) is 12.2. The Morgan fingerprint density at radius 2 is 2.31 bits per heavy atom. The van der Waals surface area contributed by atoms with E-state index in [-0.39, 0.29) is 5.75 Å². The molecule has 0 radical (unpaired) electrons. The van der Waals surface area contributed by atoms with Crippen molar-refractivity contribution in [3.05, 3.63) is 22.4 Å². The predicted octanol–water partition coefficient (Wildman–Crippen LogP) is 0.604. The first kappa shape index (κ1) is 13.1. The Balaban J connectivity index is 2.66. The molecule has 1 amide bonds. The van der Waals surface area contributed by atoms with Gasteiger partial charge in [0, 0.05) is 4.88 Å². The molecule has 0 aliphatic heterocycles. The van der Waals surface area contributed by atoms with E-state index in [9.17, 15) is 13.2 Å². The predicted molar refractivity (Wildman–Crippen MR) is 63.5 cm³/mol. The first-order valence-corrected chi connectivity index (χ1v) is 7.33. The van der Waals surface area contributed by atoms with Crippen LogP contribution >= 0.6 is 11.3 Å². The summed E-state index contributed by atoms with van der Waals surface area (Å²) >= 11 is 1.32. The molecule has 0 saturated heterocycles. The van der Waals surface area contributed by atoms with Crippen molar-refractivity contribution in [2.75, 3.05) is 5.75 Å². The van der Waals surface area contributed by atoms with E-state index in [1.165, 1.54) is 11.3 Å². The highest BCUT2D eigenvalue weighted by molar-refractivity contribution is 7.90. The monoisotopic (exact) mass is 262 g/mol. The minimum absolute atomic E-state index is 0.0735. The number of carbonyl (C=O) groups excluding carboxylic acids is 1. The second-order valence-electron chi connectivity index (χ2n) is 3.28. The number of sulfonamides is 1. The van der Waals surface area contributed by atoms with Crippen molar-refractivity contribution >= 4 is 27.3 Å². The molecule has 90 valence electrons. The molecule has 0 spiro atoms. The molecule has 0 aromatic carbocycles. The summed E-state index contributed by atoms with van der Waals surface area (Å²) in [5, 5.41) is 1.78. The molecule has 1 aromatic heterocycles. The number of rotatable bonds is 5. The van der Waals surface area contributed by atoms with E-state index >= 15 is 0 Å². The van der Waals surface area contributed by atoms with Crippen molar-refractivity contribution in [2.24, 2.45) is 5.73 Å². The number of carbonyl (C=O) groups is 1. The number of nitrogens with two attached hydrogens (primary N) is 1. The van der Waals surface area contributed by atoms with E-state index in [0.717, 1.165) is 0 Å². The zero-order valence-electron chi connectivity index (χ0n) is 8.84. The molecule has 0 saturated carbocycles. The molecule has 16 heavy (non-hydrogen) atoms. The average molecular weight is 262 g/mol. The van der Waals surface area contributed by atoms with E-state index in [1.54, 1.807) is 24.4 Å². The van der Waals surface area contributed by atoms with Crippen LogP contribution in [0.2, 0.25) is 0 Å². The molecule has 0 fully saturated rings. The summed E-state index contributed by atoms with van der Waals surface area (Å²) in [6, 6.07) is 2.53. The fourth-order valence-electron chi connectivity index (χ4n) is 1.13. The molecule has 5 nitrogen and oxygen atoms in total. The van der Waals surface area contributed by atoms with E-state index in [0.29, 0.717) is 11.3 Å². The fourth-order valence-corrected chi connectivity index (χ4v) is 2.93. The van der Waals surface area contributed by atoms with E-state index in [4.69, 9.17) is 5.73 Å². The van der Waals surface area contributed by atoms with Gasteiger partial charge >= 0.3 is 0 Å². The van der Waals surface area contributed by atoms with Gasteiger partial charge in [-0.1, -0.05) is 13.0 Å². The first-order chi connectivity index (χ1) is 7.46. The summed E-state index contributed by atoms with van der Waals surface area (Å²) < 4.78 is 24.6. The van der Waals surface area contributed by atoms with Gasteiger partial charge in [0.2, 0.25) is 10.0 Å². The Labute approximate surface area is 98.7 Å². The maximum Gasteiger partial charge on any atom is 0.255 e. The van der Waals surface area contributed by atoms with Crippen LogP contribution in [0.15, 0.2) is 17.5 Å². The lowest BCUT2D eigenvalue weighted by Gasteiger charge is -2.10. The summed E-state index contributed by atoms with van der Waals surface area (Å²) in [4.78, 5) is 12.2. The van der Waals surface area contributed by atoms with Crippen molar-refractivity contribution in [1.82, 2.24) is 4.72 Å². The van der Waals surface area contributed by atoms with Gasteiger partial charge in [-0.3, -0.25) is 9.52 Å². The fraction of sp³-hybridized carbons (Fsp3) is 0.444. The third kappa shape index (κ3) is 3.58. The number of hydrogen-bond acceptors (Lipinski definition) is 5. The summed E-state index contributed by atoms with van der Waals surface area (Å²) in [5.41, 5.74) is 5.62. The molecule has 1 unspecified atom stereocenters. The van der Waals surface area contributed by atoms with Gasteiger partial charge in [0.15, 0.2) is 0 Å². The highest BCUT2D eigenvalue weighted by atomic mass is 32.2. The highest BCUT2D eigenvalue weighted by Gasteiger charge is 2.21. The molecular weight excluding hydrogens is 248 g/mol. The van der Waals surface area contributed by atoms with Crippen molar-refractivity contribution in [1.29, 1.82) is 0 Å². The van der Waals surface area contributed by atoms with Gasteiger partial charge in [-0.25, -0.2) is 8.42 Å². The normalized spacial score (nSPS) is 13.4. The Morgan fingerprint density at radius 3 is 2.81 bits per heavy atom. The van der Waals surface area contributed by atoms with Crippen molar-refractivity contribution < 1.29 is 13.2 Å². The third-order valence-corrected chi connectivity index (χ3v) is 4.27. The van der Waals surface area contributed by atoms with Crippen LogP contribution < -0.4 is 10.5 Å². The van der Waals surface area contributed by atoms with Crippen LogP contribution in [0.25, 0.3) is 0 Å². The van der Waals surface area contributed by atoms with Gasteiger partial charge in [0.1, 0.15) is 6.04 Å². The Kier molecular flexibility index (Phi) is 4.45. The molecule has 0 aliphatic rings. The SMILES string of the molecule is CCCS(=O)(=O)NC(=O)C(N)c1cccs1. The molecule has 3 N–H and O–H groups in total. The Hall–Kier alpha value is -0.920. The van der Waals surface area contributed by atoms with Gasteiger partial charge in [0.25, 0.3) is 5.91 Å². The van der Waals surface area contributed by atoms with Gasteiger partial charge < -0.3 is 5.73 Å². The van der Waals surface area contributed by atoms with Gasteiger partial charge in [-0.05, 0) is 17.9 Å². The van der Waals surface area contributed by atoms with Gasteiger partial charge in [0.05, 0.1) is 5.75 Å². The second-order valence-corrected chi connectivity index (χ2v) is 6.10. The minimum Gasteiger partial charge on any atom is -0.315 e. The molecule has 1 heterocycles. The molecule has 1 rings (SSSR count). The lowest BCUT2D eigenvalue weighted by atomic mass is 10.2. The highest BCUT2D eigenvalue weighted by Crippen LogP contribution is 2.16. The molecule has 0 bridgehead atoms. The Bertz CT molecular complexity index is 439. The zero-order valence-corrected chi connectivity index (χ0v) is 10.5. The van der Waals surface area contributed by atoms with Crippen LogP contribution in [0.4, 0.5) is 0 Å². The first-order valence-electron chi connectivity index (χ1n) is 4.79. The lowest BCUT2D eigenvalue weighted by Crippen LogP contribution is -2.38. The summed E-state index contributed by atoms with van der Waals surface area (Å²) in [7, 11) is -3.54. The van der Waals surface area contributed by atoms with E-state index in [2.05, 4.69) is 0 Å². The average Bonchev–Trinajstić information content (AvgIpc) is 2.68. The number of nitrogens with one attached hydrogen (secondary N) is 1. The smallest absolute Gasteiger partial charge is 0.255 e. The second kappa shape index (κ2) is 5.42. The molecule has 7 heteroatoms. The van der Waals surface area contributed by atoms with Crippen molar-refractivity contribution in [3.8, 4) is 0 Å². The lowest BCUT2D eigenvalue weighted by molar-refractivity contribution is -0.120. The van der Waals surface area contributed by atoms with Gasteiger partial charge in [-0.15, -0.1) is 11.3 Å². The third-order valence-electron chi connectivity index (χ3n) is 1.86. The van der Waals surface area contributed by atoms with Gasteiger partial charge in [-0.2, -0.15) is 0 Å². The molecule has 1 atom stereocenters. The van der Waals surface area contributed by atoms with E-state index in [1.807, 2.05) is 4.72 Å². The molecular formula is C9H14N2O3S2. The van der Waals surface area contributed by atoms with Crippen LogP contribution in [0.3, 0.4) is 0 Å². The quantitative estimate of drug-likeness (QED) is 0.813. The summed E-state index contributed by atoms with van der Waals surface area (Å²) in [5.74, 6) is -0.758. The van der Waals surface area contributed by atoms with Crippen molar-refractivity contribution in [2.45, 2.75) is 19.4 Å². The van der Waals surface area contributed by atoms with Crippen molar-refractivity contribution in [3.63, 3.8) is 0 Å². The molecule has 1 aromatic rings. The standard InChI is InChI=1S/C9H14N2O3S2/c1-2-6-16(13,14)11-9(12)8(10)7-4-3-5-15-7/h3-5,8H,2,6,10H2,1H3,(H,11,12). The number of amides is 1. The largest absolute Gasteiger partial charge is 0.315 e. The van der Waals surface area contributed by atoms with Crippen LogP contribution in [0, 0.1) is 0 Å². The van der Waals surface area contributed by atoms with Crippen LogP contribution in [-0.4, -0.2) is 20.1 Å². The maximum atomic E-state index is 11.5. The molecule has 0 aliphatic carbocycles. The Morgan fingerprint density at radius 1 is 1.62 bits per heavy atom. The van der Waals surface area contributed by atoms with Crippen LogP contribution in [0.5, 0.6) is 0 Å². The summed E-state index contributed by atoms with van der Waals surface area (Å²) in [6.07, 6.45) is 0.455. The van der Waals surface area contributed by atoms with Crippen LogP contribution in [-0.2, 0) is 14.8 Å². The number of hydrogen-bond donors (Lipinski definition) is 2. The topological polar surface area (TPSA) is 89.3 Å². The minimum atomic E-state index is -3.54. The van der Waals surface area contributed by atoms with E-state index < -0.39 is 22.0 Å². The number of thiophene rings is 1. The maximum absolute atomic E-state index is 11.5. The van der Waals surface area contributed by atoms with Crippen LogP contribution in [0.1, 0.15) is 24.3 Å². The summed E-state index contributed by atoms with van der Waals surface area (Å²) in [6.45, 7) is 1.73.